The predicted molar refractivity (Wildman–Crippen MR) is 72.9 cm³/mol. The number of carbonyl (C=O) groups is 1. The number of amides is 1. The Morgan fingerprint density at radius 3 is 2.24 bits per heavy atom. The van der Waals surface area contributed by atoms with Gasteiger partial charge in [-0.15, -0.1) is 0 Å². The average molecular weight is 243 g/mol. The molecule has 0 radical (unpaired) electrons. The minimum atomic E-state index is -0.140. The lowest BCUT2D eigenvalue weighted by Gasteiger charge is -2.23. The third kappa shape index (κ3) is 10.3. The highest BCUT2D eigenvalue weighted by Crippen LogP contribution is 2.10. The van der Waals surface area contributed by atoms with Crippen LogP contribution in [0.2, 0.25) is 0 Å². The van der Waals surface area contributed by atoms with Crippen molar-refractivity contribution in [1.82, 2.24) is 10.6 Å². The van der Waals surface area contributed by atoms with Crippen LogP contribution in [0.4, 0.5) is 0 Å². The van der Waals surface area contributed by atoms with Crippen molar-refractivity contribution in [2.75, 3.05) is 13.6 Å². The van der Waals surface area contributed by atoms with E-state index in [1.165, 1.54) is 0 Å². The van der Waals surface area contributed by atoms with Crippen molar-refractivity contribution in [3.05, 3.63) is 0 Å². The molecule has 0 aromatic heterocycles. The van der Waals surface area contributed by atoms with Gasteiger partial charge in [0.2, 0.25) is 5.91 Å². The number of nitrogens with one attached hydrogen (secondary N) is 2. The zero-order valence-corrected chi connectivity index (χ0v) is 12.0. The molecule has 0 rings (SSSR count). The molecule has 0 aliphatic heterocycles. The fraction of sp³-hybridized carbons (Fsp3) is 0.923. The molecule has 1 amide bonds. The smallest absolute Gasteiger partial charge is 0.220 e. The summed E-state index contributed by atoms with van der Waals surface area (Å²) in [5, 5.41) is 6.12. The highest BCUT2D eigenvalue weighted by Gasteiger charge is 2.16. The Kier molecular flexibility index (Phi) is 6.72. The maximum atomic E-state index is 11.6. The molecule has 0 heterocycles. The van der Waals surface area contributed by atoms with E-state index in [2.05, 4.69) is 24.5 Å². The van der Waals surface area contributed by atoms with Gasteiger partial charge in [0, 0.05) is 24.0 Å². The largest absolute Gasteiger partial charge is 0.356 e. The first-order valence-electron chi connectivity index (χ1n) is 6.41. The summed E-state index contributed by atoms with van der Waals surface area (Å²) < 4.78 is 0. The summed E-state index contributed by atoms with van der Waals surface area (Å²) in [7, 11) is 1.92. The van der Waals surface area contributed by atoms with Gasteiger partial charge in [-0.05, 0) is 54.0 Å². The summed E-state index contributed by atoms with van der Waals surface area (Å²) in [5.41, 5.74) is 5.75. The van der Waals surface area contributed by atoms with Crippen LogP contribution < -0.4 is 16.4 Å². The maximum absolute atomic E-state index is 11.6. The summed E-state index contributed by atoms with van der Waals surface area (Å²) in [6, 6.07) is 0. The van der Waals surface area contributed by atoms with Gasteiger partial charge < -0.3 is 16.4 Å². The SMILES string of the molecule is CNC(C)(C)CCC(=O)NCCCC(C)(C)N. The monoisotopic (exact) mass is 243 g/mol. The molecule has 0 aromatic carbocycles. The Morgan fingerprint density at radius 1 is 1.18 bits per heavy atom. The second-order valence-electron chi connectivity index (χ2n) is 6.08. The van der Waals surface area contributed by atoms with Gasteiger partial charge in [-0.2, -0.15) is 0 Å². The molecule has 0 bridgehead atoms. The molecule has 0 unspecified atom stereocenters. The van der Waals surface area contributed by atoms with Crippen molar-refractivity contribution in [3.63, 3.8) is 0 Å². The summed E-state index contributed by atoms with van der Waals surface area (Å²) in [4.78, 5) is 11.6. The summed E-state index contributed by atoms with van der Waals surface area (Å²) in [5.74, 6) is 0.128. The van der Waals surface area contributed by atoms with Gasteiger partial charge in [0.1, 0.15) is 0 Å². The lowest BCUT2D eigenvalue weighted by molar-refractivity contribution is -0.121. The quantitative estimate of drug-likeness (QED) is 0.565. The molecule has 0 saturated carbocycles. The van der Waals surface area contributed by atoms with Crippen molar-refractivity contribution < 1.29 is 4.79 Å². The van der Waals surface area contributed by atoms with Gasteiger partial charge in [-0.1, -0.05) is 0 Å². The normalized spacial score (nSPS) is 12.6. The molecule has 0 saturated heterocycles. The van der Waals surface area contributed by atoms with E-state index in [1.807, 2.05) is 20.9 Å². The van der Waals surface area contributed by atoms with Gasteiger partial charge in [0.25, 0.3) is 0 Å². The third-order valence-electron chi connectivity index (χ3n) is 2.97. The number of hydrogen-bond donors (Lipinski definition) is 3. The van der Waals surface area contributed by atoms with Crippen molar-refractivity contribution >= 4 is 5.91 Å². The second-order valence-corrected chi connectivity index (χ2v) is 6.08. The number of carbonyl (C=O) groups excluding carboxylic acids is 1. The first kappa shape index (κ1) is 16.4. The molecule has 4 nitrogen and oxygen atoms in total. The molecule has 0 spiro atoms. The fourth-order valence-electron chi connectivity index (χ4n) is 1.41. The van der Waals surface area contributed by atoms with E-state index in [-0.39, 0.29) is 17.0 Å². The van der Waals surface area contributed by atoms with E-state index >= 15 is 0 Å². The van der Waals surface area contributed by atoms with Crippen LogP contribution in [-0.4, -0.2) is 30.6 Å². The lowest BCUT2D eigenvalue weighted by atomic mass is 9.98. The minimum absolute atomic E-state index is 0.0244. The van der Waals surface area contributed by atoms with E-state index in [0.717, 1.165) is 25.8 Å². The van der Waals surface area contributed by atoms with Crippen molar-refractivity contribution in [2.24, 2.45) is 5.73 Å². The maximum Gasteiger partial charge on any atom is 0.220 e. The van der Waals surface area contributed by atoms with Gasteiger partial charge in [-0.25, -0.2) is 0 Å². The third-order valence-corrected chi connectivity index (χ3v) is 2.97. The predicted octanol–water partition coefficient (Wildman–Crippen LogP) is 1.40. The van der Waals surface area contributed by atoms with Crippen LogP contribution in [0.1, 0.15) is 53.4 Å². The van der Waals surface area contributed by atoms with Gasteiger partial charge in [0.05, 0.1) is 0 Å². The summed E-state index contributed by atoms with van der Waals surface area (Å²) >= 11 is 0. The van der Waals surface area contributed by atoms with E-state index < -0.39 is 0 Å². The Balaban J connectivity index is 3.61. The van der Waals surface area contributed by atoms with Gasteiger partial charge >= 0.3 is 0 Å². The second kappa shape index (κ2) is 6.97. The van der Waals surface area contributed by atoms with Gasteiger partial charge in [0.15, 0.2) is 0 Å². The molecule has 4 heteroatoms. The molecule has 0 aliphatic rings. The summed E-state index contributed by atoms with van der Waals surface area (Å²) in [6.45, 7) is 8.92. The van der Waals surface area contributed by atoms with Crippen LogP contribution in [0, 0.1) is 0 Å². The van der Waals surface area contributed by atoms with E-state index in [1.54, 1.807) is 0 Å². The molecule has 0 aliphatic carbocycles. The number of nitrogens with two attached hydrogens (primary N) is 1. The Labute approximate surface area is 106 Å². The number of hydrogen-bond acceptors (Lipinski definition) is 3. The first-order chi connectivity index (χ1) is 7.66. The molecule has 4 N–H and O–H groups in total. The van der Waals surface area contributed by atoms with Crippen LogP contribution in [0.3, 0.4) is 0 Å². The molecular formula is C13H29N3O. The van der Waals surface area contributed by atoms with E-state index in [0.29, 0.717) is 6.42 Å². The molecular weight excluding hydrogens is 214 g/mol. The minimum Gasteiger partial charge on any atom is -0.356 e. The average Bonchev–Trinajstić information content (AvgIpc) is 2.20. The van der Waals surface area contributed by atoms with Crippen molar-refractivity contribution in [3.8, 4) is 0 Å². The highest BCUT2D eigenvalue weighted by molar-refractivity contribution is 5.75. The summed E-state index contributed by atoms with van der Waals surface area (Å²) in [6.07, 6.45) is 3.28. The van der Waals surface area contributed by atoms with Crippen molar-refractivity contribution in [1.29, 1.82) is 0 Å². The lowest BCUT2D eigenvalue weighted by Crippen LogP contribution is -2.38. The van der Waals surface area contributed by atoms with Crippen LogP contribution >= 0.6 is 0 Å². The van der Waals surface area contributed by atoms with Gasteiger partial charge in [-0.3, -0.25) is 4.79 Å². The fourth-order valence-corrected chi connectivity index (χ4v) is 1.41. The molecule has 102 valence electrons. The van der Waals surface area contributed by atoms with Crippen LogP contribution in [0.15, 0.2) is 0 Å². The molecule has 0 fully saturated rings. The van der Waals surface area contributed by atoms with E-state index in [4.69, 9.17) is 5.73 Å². The standard InChI is InChI=1S/C13H29N3O/c1-12(2,14)8-6-10-16-11(17)7-9-13(3,4)15-5/h15H,6-10,14H2,1-5H3,(H,16,17). The Bertz CT molecular complexity index is 231. The van der Waals surface area contributed by atoms with E-state index in [9.17, 15) is 4.79 Å². The first-order valence-corrected chi connectivity index (χ1v) is 6.41. The zero-order valence-electron chi connectivity index (χ0n) is 12.0. The Morgan fingerprint density at radius 2 is 1.76 bits per heavy atom. The molecule has 17 heavy (non-hydrogen) atoms. The zero-order chi connectivity index (χ0) is 13.5. The van der Waals surface area contributed by atoms with Crippen LogP contribution in [0.25, 0.3) is 0 Å². The molecule has 0 aromatic rings. The number of rotatable bonds is 8. The molecule has 0 atom stereocenters. The van der Waals surface area contributed by atoms with Crippen LogP contribution in [0.5, 0.6) is 0 Å². The Hall–Kier alpha value is -0.610. The van der Waals surface area contributed by atoms with Crippen LogP contribution in [-0.2, 0) is 4.79 Å². The highest BCUT2D eigenvalue weighted by atomic mass is 16.1. The topological polar surface area (TPSA) is 67.2 Å². The van der Waals surface area contributed by atoms with Crippen molar-refractivity contribution in [2.45, 2.75) is 64.5 Å².